The van der Waals surface area contributed by atoms with Gasteiger partial charge in [-0.05, 0) is 16.7 Å². The van der Waals surface area contributed by atoms with Crippen LogP contribution in [0.1, 0.15) is 63.4 Å². The van der Waals surface area contributed by atoms with Crippen molar-refractivity contribution < 1.29 is 23.6 Å². The molecular weight excluding hydrogens is 576 g/mol. The van der Waals surface area contributed by atoms with Gasteiger partial charge in [0, 0.05) is 24.9 Å². The fraction of sp³-hybridized carbons (Fsp3) is 0.370. The minimum Gasteiger partial charge on any atom is -0.446 e. The van der Waals surface area contributed by atoms with Crippen molar-refractivity contribution in [1.82, 2.24) is 51.0 Å². The minimum atomic E-state index is -0.695. The fourth-order valence-corrected chi connectivity index (χ4v) is 5.46. The first-order chi connectivity index (χ1) is 20.8. The van der Waals surface area contributed by atoms with Crippen LogP contribution in [0.3, 0.4) is 0 Å². The lowest BCUT2D eigenvalue weighted by atomic mass is 10.0. The molecule has 0 radical (unpaired) electrons. The van der Waals surface area contributed by atoms with Gasteiger partial charge in [0.05, 0.1) is 12.6 Å². The van der Waals surface area contributed by atoms with Crippen LogP contribution in [0.4, 0.5) is 0 Å². The molecule has 0 spiro atoms. The van der Waals surface area contributed by atoms with Crippen LogP contribution in [0.25, 0.3) is 0 Å². The van der Waals surface area contributed by atoms with E-state index in [0.29, 0.717) is 11.4 Å². The van der Waals surface area contributed by atoms with Gasteiger partial charge in [0.1, 0.15) is 29.6 Å². The number of hydrogen-bond acceptors (Lipinski definition) is 11. The third-order valence-corrected chi connectivity index (χ3v) is 7.59. The summed E-state index contributed by atoms with van der Waals surface area (Å²) < 4.78 is 5.66. The highest BCUT2D eigenvalue weighted by molar-refractivity contribution is 7.09. The summed E-state index contributed by atoms with van der Waals surface area (Å²) >= 11 is 1.25. The van der Waals surface area contributed by atoms with Crippen LogP contribution in [-0.2, 0) is 22.6 Å². The van der Waals surface area contributed by atoms with E-state index in [1.807, 2.05) is 44.2 Å². The summed E-state index contributed by atoms with van der Waals surface area (Å²) in [7, 11) is 0. The summed E-state index contributed by atoms with van der Waals surface area (Å²) in [5.74, 6) is -1.80. The Bertz CT molecular complexity index is 1570. The predicted molar refractivity (Wildman–Crippen MR) is 151 cm³/mol. The second-order valence-corrected chi connectivity index (χ2v) is 11.1. The molecule has 0 saturated heterocycles. The summed E-state index contributed by atoms with van der Waals surface area (Å²) in [4.78, 5) is 63.8. The highest BCUT2D eigenvalue weighted by atomic mass is 32.1. The van der Waals surface area contributed by atoms with Gasteiger partial charge in [-0.2, -0.15) is 4.80 Å². The van der Waals surface area contributed by atoms with Gasteiger partial charge in [0.15, 0.2) is 12.0 Å². The molecule has 3 N–H and O–H groups in total. The van der Waals surface area contributed by atoms with E-state index < -0.39 is 35.7 Å². The molecule has 0 unspecified atom stereocenters. The minimum absolute atomic E-state index is 0.00146. The van der Waals surface area contributed by atoms with E-state index in [0.717, 1.165) is 10.4 Å². The number of oxazole rings is 1. The fourth-order valence-electron chi connectivity index (χ4n) is 4.44. The highest BCUT2D eigenvalue weighted by Crippen LogP contribution is 2.26. The molecule has 4 bridgehead atoms. The first kappa shape index (κ1) is 29.5. The average molecular weight is 607 g/mol. The summed E-state index contributed by atoms with van der Waals surface area (Å²) in [5, 5.41) is 21.9. The molecule has 0 fully saturated rings. The lowest BCUT2D eigenvalue weighted by Crippen LogP contribution is -2.46. The largest absolute Gasteiger partial charge is 0.446 e. The lowest BCUT2D eigenvalue weighted by Gasteiger charge is -2.25. The number of carbonyl (C=O) groups excluding carboxylic acids is 4. The van der Waals surface area contributed by atoms with Gasteiger partial charge in [-0.15, -0.1) is 21.5 Å². The van der Waals surface area contributed by atoms with Crippen molar-refractivity contribution in [2.24, 2.45) is 5.92 Å². The molecule has 2 atom stereocenters. The molecule has 1 aliphatic rings. The summed E-state index contributed by atoms with van der Waals surface area (Å²) in [6.45, 7) is 3.36. The van der Waals surface area contributed by atoms with Crippen LogP contribution >= 0.6 is 11.3 Å². The number of fused-ring (bicyclic) bond motifs is 4. The number of benzene rings is 1. The monoisotopic (exact) mass is 606 g/mol. The van der Waals surface area contributed by atoms with Crippen molar-refractivity contribution in [2.45, 2.75) is 38.9 Å². The average Bonchev–Trinajstić information content (AvgIpc) is 3.77. The first-order valence-electron chi connectivity index (χ1n) is 13.6. The number of hydrogen-bond donors (Lipinski definition) is 3. The Morgan fingerprint density at radius 1 is 1.09 bits per heavy atom. The van der Waals surface area contributed by atoms with Crippen LogP contribution < -0.4 is 16.0 Å². The van der Waals surface area contributed by atoms with E-state index in [1.165, 1.54) is 28.8 Å². The number of thiazole rings is 1. The smallest absolute Gasteiger partial charge is 0.273 e. The Kier molecular flexibility index (Phi) is 9.14. The van der Waals surface area contributed by atoms with Crippen molar-refractivity contribution in [3.8, 4) is 0 Å². The van der Waals surface area contributed by atoms with Crippen LogP contribution in [0.5, 0.6) is 0 Å². The lowest BCUT2D eigenvalue weighted by molar-refractivity contribution is -0.137. The van der Waals surface area contributed by atoms with Gasteiger partial charge in [-0.1, -0.05) is 44.2 Å². The summed E-state index contributed by atoms with van der Waals surface area (Å²) in [6, 6.07) is 8.28. The number of carbonyl (C=O) groups is 4. The summed E-state index contributed by atoms with van der Waals surface area (Å²) in [6.07, 6.45) is 2.77. The van der Waals surface area contributed by atoms with Crippen molar-refractivity contribution in [3.05, 3.63) is 76.2 Å². The number of aromatic nitrogens is 6. The van der Waals surface area contributed by atoms with Gasteiger partial charge in [0.25, 0.3) is 11.8 Å². The number of tetrazole rings is 1. The Balaban J connectivity index is 1.44. The van der Waals surface area contributed by atoms with E-state index in [9.17, 15) is 19.2 Å². The second kappa shape index (κ2) is 13.3. The zero-order chi connectivity index (χ0) is 30.3. The van der Waals surface area contributed by atoms with E-state index in [-0.39, 0.29) is 49.4 Å². The Labute approximate surface area is 250 Å². The Morgan fingerprint density at radius 3 is 2.65 bits per heavy atom. The molecule has 0 aliphatic carbocycles. The number of nitrogens with zero attached hydrogens (tertiary/aromatic N) is 7. The molecule has 16 heteroatoms. The first-order valence-corrected chi connectivity index (χ1v) is 14.5. The maximum atomic E-state index is 13.3. The van der Waals surface area contributed by atoms with Crippen LogP contribution in [-0.4, -0.2) is 78.3 Å². The van der Waals surface area contributed by atoms with Crippen molar-refractivity contribution in [3.63, 3.8) is 0 Å². The summed E-state index contributed by atoms with van der Waals surface area (Å²) in [5.41, 5.74) is 1.09. The van der Waals surface area contributed by atoms with E-state index in [2.05, 4.69) is 41.3 Å². The quantitative estimate of drug-likeness (QED) is 0.294. The van der Waals surface area contributed by atoms with Gasteiger partial charge >= 0.3 is 0 Å². The Morgan fingerprint density at radius 2 is 1.91 bits per heavy atom. The molecule has 4 aromatic rings. The zero-order valence-electron chi connectivity index (χ0n) is 23.5. The van der Waals surface area contributed by atoms with Crippen LogP contribution in [0, 0.1) is 5.92 Å². The number of nitrogens with one attached hydrogen (secondary N) is 3. The molecule has 0 saturated carbocycles. The molecule has 1 aromatic carbocycles. The van der Waals surface area contributed by atoms with Gasteiger partial charge in [0.2, 0.25) is 17.7 Å². The van der Waals surface area contributed by atoms with E-state index in [4.69, 9.17) is 4.42 Å². The maximum absolute atomic E-state index is 13.3. The highest BCUT2D eigenvalue weighted by Gasteiger charge is 2.28. The third-order valence-electron chi connectivity index (χ3n) is 6.67. The van der Waals surface area contributed by atoms with E-state index >= 15 is 0 Å². The third kappa shape index (κ3) is 7.45. The SMILES string of the molecule is CC(C)[C@@H]1NC(=O)CN(C(=O)Cn2ncnn2)CCNC(=O)c2coc(n2)[C@H](Cc2ccccc2)NC(=O)c2csc1n2. The molecule has 5 rings (SSSR count). The maximum Gasteiger partial charge on any atom is 0.273 e. The molecule has 15 nitrogen and oxygen atoms in total. The zero-order valence-corrected chi connectivity index (χ0v) is 24.3. The Hall–Kier alpha value is -4.99. The van der Waals surface area contributed by atoms with Gasteiger partial charge in [-0.3, -0.25) is 19.2 Å². The standard InChI is InChI=1S/C27H30N10O5S/c1-16(2)23-27-33-20(14-43-27)25(41)31-18(10-17-6-4-3-5-7-17)26-32-19(13-42-26)24(40)28-8-9-36(11-21(38)34-23)22(39)12-37-30-15-29-35-37/h3-7,13-16,18,23H,8-12H2,1-2H3,(H,28,40)(H,31,41)(H,34,38)/t18-,23-/m0/s1. The normalized spacial score (nSPS) is 18.4. The topological polar surface area (TPSA) is 190 Å². The second-order valence-electron chi connectivity index (χ2n) is 10.2. The molecule has 4 amide bonds. The molecule has 224 valence electrons. The van der Waals surface area contributed by atoms with Crippen molar-refractivity contribution >= 4 is 35.0 Å². The van der Waals surface area contributed by atoms with Crippen molar-refractivity contribution in [1.29, 1.82) is 0 Å². The van der Waals surface area contributed by atoms with Crippen molar-refractivity contribution in [2.75, 3.05) is 19.6 Å². The molecular formula is C27H30N10O5S. The molecule has 4 heterocycles. The molecule has 43 heavy (non-hydrogen) atoms. The van der Waals surface area contributed by atoms with Crippen LogP contribution in [0.2, 0.25) is 0 Å². The molecule has 1 aliphatic heterocycles. The van der Waals surface area contributed by atoms with Crippen LogP contribution in [0.15, 0.2) is 52.7 Å². The van der Waals surface area contributed by atoms with Gasteiger partial charge in [-0.25, -0.2) is 9.97 Å². The molecule has 3 aromatic heterocycles. The number of amides is 4. The van der Waals surface area contributed by atoms with E-state index in [1.54, 1.807) is 5.38 Å². The predicted octanol–water partition coefficient (Wildman–Crippen LogP) is 0.917. The van der Waals surface area contributed by atoms with Gasteiger partial charge < -0.3 is 25.3 Å². The number of rotatable bonds is 5.